The van der Waals surface area contributed by atoms with Gasteiger partial charge in [0.2, 0.25) is 0 Å². The molecule has 0 radical (unpaired) electrons. The van der Waals surface area contributed by atoms with Crippen LogP contribution in [0.25, 0.3) is 0 Å². The van der Waals surface area contributed by atoms with Gasteiger partial charge in [0.25, 0.3) is 5.91 Å². The minimum Gasteiger partial charge on any atom is -0.345 e. The smallest absolute Gasteiger partial charge is 0.251 e. The molecule has 1 amide bonds. The van der Waals surface area contributed by atoms with Crippen molar-refractivity contribution in [1.82, 2.24) is 5.32 Å². The first kappa shape index (κ1) is 14.6. The first-order chi connectivity index (χ1) is 9.08. The summed E-state index contributed by atoms with van der Waals surface area (Å²) < 4.78 is 0. The second kappa shape index (κ2) is 7.09. The van der Waals surface area contributed by atoms with E-state index in [1.807, 2.05) is 6.07 Å². The van der Waals surface area contributed by atoms with E-state index in [-0.39, 0.29) is 18.2 Å². The minimum absolute atomic E-state index is 0.117. The molecule has 5 nitrogen and oxygen atoms in total. The first-order valence-corrected chi connectivity index (χ1v) is 5.76. The molecule has 98 valence electrons. The fraction of sp³-hybridized carbons (Fsp3) is 0.214. The summed E-state index contributed by atoms with van der Waals surface area (Å²) in [4.78, 5) is 23.3. The van der Waals surface area contributed by atoms with Crippen LogP contribution < -0.4 is 11.1 Å². The summed E-state index contributed by atoms with van der Waals surface area (Å²) in [7, 11) is 0. The normalized spacial score (nSPS) is 11.2. The standard InChI is InChI=1S/C14H15N3O2/c1-2-3-12(16)13(18)9-17-14(19)11-6-4-10(8-15)5-7-11/h2,4-7,12H,1,3,9,16H2,(H,17,19). The van der Waals surface area contributed by atoms with Crippen LogP contribution >= 0.6 is 0 Å². The monoisotopic (exact) mass is 257 g/mol. The van der Waals surface area contributed by atoms with E-state index in [0.717, 1.165) is 0 Å². The van der Waals surface area contributed by atoms with Crippen LogP contribution in [0, 0.1) is 11.3 Å². The van der Waals surface area contributed by atoms with E-state index in [2.05, 4.69) is 11.9 Å². The van der Waals surface area contributed by atoms with E-state index in [4.69, 9.17) is 11.0 Å². The van der Waals surface area contributed by atoms with Gasteiger partial charge in [-0.15, -0.1) is 6.58 Å². The zero-order valence-corrected chi connectivity index (χ0v) is 10.4. The van der Waals surface area contributed by atoms with E-state index < -0.39 is 6.04 Å². The van der Waals surface area contributed by atoms with Crippen molar-refractivity contribution >= 4 is 11.7 Å². The average Bonchev–Trinajstić information content (AvgIpc) is 2.44. The maximum absolute atomic E-state index is 11.7. The quantitative estimate of drug-likeness (QED) is 0.735. The number of nitrogens with zero attached hydrogens (tertiary/aromatic N) is 1. The molecule has 1 aromatic carbocycles. The summed E-state index contributed by atoms with van der Waals surface area (Å²) in [5.74, 6) is -0.620. The molecule has 1 unspecified atom stereocenters. The lowest BCUT2D eigenvalue weighted by molar-refractivity contribution is -0.119. The SMILES string of the molecule is C=CCC(N)C(=O)CNC(=O)c1ccc(C#N)cc1. The number of nitrogens with one attached hydrogen (secondary N) is 1. The fourth-order valence-corrected chi connectivity index (χ4v) is 1.41. The lowest BCUT2D eigenvalue weighted by Gasteiger charge is -2.09. The van der Waals surface area contributed by atoms with Crippen molar-refractivity contribution in [3.63, 3.8) is 0 Å². The zero-order valence-electron chi connectivity index (χ0n) is 10.4. The number of benzene rings is 1. The third-order valence-corrected chi connectivity index (χ3v) is 2.53. The molecule has 5 heteroatoms. The molecule has 19 heavy (non-hydrogen) atoms. The van der Waals surface area contributed by atoms with Crippen LogP contribution in [0.4, 0.5) is 0 Å². The largest absolute Gasteiger partial charge is 0.345 e. The Morgan fingerprint density at radius 1 is 1.42 bits per heavy atom. The molecule has 0 spiro atoms. The van der Waals surface area contributed by atoms with Crippen LogP contribution in [0.2, 0.25) is 0 Å². The minimum atomic E-state index is -0.640. The molecular formula is C14H15N3O2. The Labute approximate surface area is 111 Å². The summed E-state index contributed by atoms with van der Waals surface area (Å²) in [6.07, 6.45) is 1.94. The molecule has 0 heterocycles. The van der Waals surface area contributed by atoms with Crippen LogP contribution in [0.3, 0.4) is 0 Å². The van der Waals surface area contributed by atoms with Gasteiger partial charge in [-0.25, -0.2) is 0 Å². The number of Topliss-reactive ketones (excluding diaryl/α,β-unsaturated/α-hetero) is 1. The van der Waals surface area contributed by atoms with Gasteiger partial charge < -0.3 is 11.1 Å². The number of ketones is 1. The van der Waals surface area contributed by atoms with E-state index >= 15 is 0 Å². The molecule has 0 aliphatic carbocycles. The molecule has 0 aliphatic heterocycles. The van der Waals surface area contributed by atoms with Crippen molar-refractivity contribution in [2.75, 3.05) is 6.54 Å². The topological polar surface area (TPSA) is 96.0 Å². The number of carbonyl (C=O) groups is 2. The van der Waals surface area contributed by atoms with Crippen molar-refractivity contribution < 1.29 is 9.59 Å². The molecule has 0 saturated heterocycles. The third-order valence-electron chi connectivity index (χ3n) is 2.53. The predicted octanol–water partition coefficient (Wildman–Crippen LogP) is 0.761. The Balaban J connectivity index is 2.53. The number of rotatable bonds is 6. The Hall–Kier alpha value is -2.45. The number of nitriles is 1. The molecule has 3 N–H and O–H groups in total. The van der Waals surface area contributed by atoms with Crippen molar-refractivity contribution in [1.29, 1.82) is 5.26 Å². The molecule has 1 atom stereocenters. The van der Waals surface area contributed by atoms with E-state index in [1.54, 1.807) is 18.2 Å². The van der Waals surface area contributed by atoms with Gasteiger partial charge in [0.15, 0.2) is 5.78 Å². The summed E-state index contributed by atoms with van der Waals surface area (Å²) in [5, 5.41) is 11.1. The van der Waals surface area contributed by atoms with Crippen molar-refractivity contribution in [2.45, 2.75) is 12.5 Å². The van der Waals surface area contributed by atoms with Gasteiger partial charge in [0.05, 0.1) is 24.2 Å². The maximum atomic E-state index is 11.7. The predicted molar refractivity (Wildman–Crippen MR) is 71.3 cm³/mol. The van der Waals surface area contributed by atoms with E-state index in [0.29, 0.717) is 17.5 Å². The van der Waals surface area contributed by atoms with Crippen LogP contribution in [0.15, 0.2) is 36.9 Å². The highest BCUT2D eigenvalue weighted by molar-refractivity contribution is 5.97. The molecular weight excluding hydrogens is 242 g/mol. The van der Waals surface area contributed by atoms with Gasteiger partial charge in [-0.2, -0.15) is 5.26 Å². The second-order valence-electron chi connectivity index (χ2n) is 3.97. The molecule has 0 saturated carbocycles. The number of hydrogen-bond acceptors (Lipinski definition) is 4. The highest BCUT2D eigenvalue weighted by Crippen LogP contribution is 2.03. The lowest BCUT2D eigenvalue weighted by Crippen LogP contribution is -2.39. The van der Waals surface area contributed by atoms with Gasteiger partial charge in [0.1, 0.15) is 0 Å². The second-order valence-corrected chi connectivity index (χ2v) is 3.97. The average molecular weight is 257 g/mol. The number of carbonyl (C=O) groups excluding carboxylic acids is 2. The van der Waals surface area contributed by atoms with Gasteiger partial charge in [-0.1, -0.05) is 6.08 Å². The number of hydrogen-bond donors (Lipinski definition) is 2. The Kier molecular flexibility index (Phi) is 5.45. The van der Waals surface area contributed by atoms with Gasteiger partial charge >= 0.3 is 0 Å². The zero-order chi connectivity index (χ0) is 14.3. The highest BCUT2D eigenvalue weighted by Gasteiger charge is 2.13. The molecule has 1 aromatic rings. The fourth-order valence-electron chi connectivity index (χ4n) is 1.41. The third kappa shape index (κ3) is 4.37. The summed E-state index contributed by atoms with van der Waals surface area (Å²) in [6.45, 7) is 3.38. The Bertz CT molecular complexity index is 514. The van der Waals surface area contributed by atoms with Crippen LogP contribution in [0.5, 0.6) is 0 Å². The molecule has 0 aliphatic rings. The van der Waals surface area contributed by atoms with Crippen molar-refractivity contribution in [2.24, 2.45) is 5.73 Å². The van der Waals surface area contributed by atoms with Crippen LogP contribution in [0.1, 0.15) is 22.3 Å². The molecule has 1 rings (SSSR count). The maximum Gasteiger partial charge on any atom is 0.251 e. The molecule has 0 bridgehead atoms. The summed E-state index contributed by atoms with van der Waals surface area (Å²) in [5.41, 5.74) is 6.45. The van der Waals surface area contributed by atoms with Crippen molar-refractivity contribution in [3.05, 3.63) is 48.0 Å². The molecule has 0 aromatic heterocycles. The number of nitrogens with two attached hydrogens (primary N) is 1. The van der Waals surface area contributed by atoms with Crippen LogP contribution in [-0.2, 0) is 4.79 Å². The Morgan fingerprint density at radius 3 is 2.58 bits per heavy atom. The van der Waals surface area contributed by atoms with Gasteiger partial charge in [-0.05, 0) is 30.7 Å². The molecule has 0 fully saturated rings. The lowest BCUT2D eigenvalue weighted by atomic mass is 10.1. The number of amides is 1. The summed E-state index contributed by atoms with van der Waals surface area (Å²) >= 11 is 0. The van der Waals surface area contributed by atoms with Crippen molar-refractivity contribution in [3.8, 4) is 6.07 Å². The van der Waals surface area contributed by atoms with Gasteiger partial charge in [0, 0.05) is 5.56 Å². The van der Waals surface area contributed by atoms with Crippen LogP contribution in [-0.4, -0.2) is 24.3 Å². The van der Waals surface area contributed by atoms with Gasteiger partial charge in [-0.3, -0.25) is 9.59 Å². The summed E-state index contributed by atoms with van der Waals surface area (Å²) in [6, 6.07) is 7.46. The highest BCUT2D eigenvalue weighted by atomic mass is 16.2. The van der Waals surface area contributed by atoms with E-state index in [1.165, 1.54) is 12.1 Å². The first-order valence-electron chi connectivity index (χ1n) is 5.76. The Morgan fingerprint density at radius 2 is 2.05 bits per heavy atom. The van der Waals surface area contributed by atoms with E-state index in [9.17, 15) is 9.59 Å².